The van der Waals surface area contributed by atoms with E-state index in [1.807, 2.05) is 0 Å². The molecule has 0 radical (unpaired) electrons. The van der Waals surface area contributed by atoms with Gasteiger partial charge in [0.1, 0.15) is 5.60 Å². The summed E-state index contributed by atoms with van der Waals surface area (Å²) in [5.74, 6) is -1.44. The minimum absolute atomic E-state index is 0.238. The maximum Gasteiger partial charge on any atom is 0.389 e. The van der Waals surface area contributed by atoms with Gasteiger partial charge in [0, 0.05) is 13.0 Å². The van der Waals surface area contributed by atoms with Crippen molar-refractivity contribution in [2.24, 2.45) is 11.8 Å². The third-order valence-corrected chi connectivity index (χ3v) is 2.70. The zero-order chi connectivity index (χ0) is 14.0. The smallest absolute Gasteiger partial charge is 0.389 e. The average molecular weight is 267 g/mol. The summed E-state index contributed by atoms with van der Waals surface area (Å²) in [6.07, 6.45) is -4.79. The second-order valence-electron chi connectivity index (χ2n) is 5.81. The van der Waals surface area contributed by atoms with Crippen LogP contribution in [-0.4, -0.2) is 30.8 Å². The van der Waals surface area contributed by atoms with Crippen molar-refractivity contribution in [3.63, 3.8) is 0 Å². The number of rotatable bonds is 2. The molecule has 1 heterocycles. The fraction of sp³-hybridized carbons (Fsp3) is 0.917. The van der Waals surface area contributed by atoms with E-state index in [9.17, 15) is 18.0 Å². The van der Waals surface area contributed by atoms with Gasteiger partial charge in [-0.1, -0.05) is 0 Å². The van der Waals surface area contributed by atoms with Crippen LogP contribution in [0.5, 0.6) is 0 Å². The number of esters is 1. The van der Waals surface area contributed by atoms with E-state index in [4.69, 9.17) is 4.74 Å². The molecule has 1 N–H and O–H groups in total. The Morgan fingerprint density at radius 1 is 1.28 bits per heavy atom. The molecule has 0 bridgehead atoms. The summed E-state index contributed by atoms with van der Waals surface area (Å²) in [5, 5.41) is 2.87. The van der Waals surface area contributed by atoms with E-state index in [1.54, 1.807) is 20.8 Å². The molecule has 0 spiro atoms. The van der Waals surface area contributed by atoms with Crippen molar-refractivity contribution in [2.75, 3.05) is 13.1 Å². The molecule has 1 rings (SSSR count). The number of carbonyl (C=O) groups excluding carboxylic acids is 1. The lowest BCUT2D eigenvalue weighted by Crippen LogP contribution is -2.43. The lowest BCUT2D eigenvalue weighted by molar-refractivity contribution is -0.165. The van der Waals surface area contributed by atoms with Gasteiger partial charge in [-0.3, -0.25) is 4.79 Å². The second-order valence-corrected chi connectivity index (χ2v) is 5.81. The first-order valence-corrected chi connectivity index (χ1v) is 6.07. The molecular formula is C12H20F3NO2. The summed E-state index contributed by atoms with van der Waals surface area (Å²) in [4.78, 5) is 11.8. The van der Waals surface area contributed by atoms with Gasteiger partial charge in [-0.15, -0.1) is 0 Å². The van der Waals surface area contributed by atoms with Gasteiger partial charge in [0.25, 0.3) is 0 Å². The van der Waals surface area contributed by atoms with Crippen molar-refractivity contribution in [1.29, 1.82) is 0 Å². The van der Waals surface area contributed by atoms with Crippen molar-refractivity contribution >= 4 is 5.97 Å². The molecule has 2 unspecified atom stereocenters. The molecule has 0 aromatic rings. The van der Waals surface area contributed by atoms with Crippen LogP contribution in [0.1, 0.15) is 33.6 Å². The molecule has 0 amide bonds. The Balaban J connectivity index is 2.51. The number of hydrogen-bond acceptors (Lipinski definition) is 3. The molecule has 18 heavy (non-hydrogen) atoms. The first-order chi connectivity index (χ1) is 8.07. The van der Waals surface area contributed by atoms with Crippen LogP contribution in [0, 0.1) is 11.8 Å². The summed E-state index contributed by atoms with van der Waals surface area (Å²) < 4.78 is 42.1. The molecule has 3 nitrogen and oxygen atoms in total. The van der Waals surface area contributed by atoms with Gasteiger partial charge in [0.15, 0.2) is 0 Å². The van der Waals surface area contributed by atoms with Gasteiger partial charge >= 0.3 is 12.1 Å². The largest absolute Gasteiger partial charge is 0.460 e. The predicted octanol–water partition coefficient (Wildman–Crippen LogP) is 2.51. The van der Waals surface area contributed by atoms with E-state index in [1.165, 1.54) is 0 Å². The lowest BCUT2D eigenvalue weighted by atomic mass is 9.88. The minimum atomic E-state index is -4.18. The van der Waals surface area contributed by atoms with Gasteiger partial charge < -0.3 is 10.1 Å². The summed E-state index contributed by atoms with van der Waals surface area (Å²) in [6, 6.07) is 0. The third kappa shape index (κ3) is 5.71. The number of ether oxygens (including phenoxy) is 1. The Bertz CT molecular complexity index is 297. The highest BCUT2D eigenvalue weighted by Gasteiger charge is 2.37. The number of halogens is 3. The van der Waals surface area contributed by atoms with Crippen LogP contribution in [0.3, 0.4) is 0 Å². The zero-order valence-corrected chi connectivity index (χ0v) is 10.9. The Hall–Kier alpha value is -0.780. The van der Waals surface area contributed by atoms with Crippen LogP contribution in [0.2, 0.25) is 0 Å². The van der Waals surface area contributed by atoms with Crippen molar-refractivity contribution < 1.29 is 22.7 Å². The van der Waals surface area contributed by atoms with Gasteiger partial charge in [-0.25, -0.2) is 0 Å². The average Bonchev–Trinajstić information content (AvgIpc) is 2.12. The molecule has 0 aromatic carbocycles. The second kappa shape index (κ2) is 5.47. The minimum Gasteiger partial charge on any atom is -0.460 e. The SMILES string of the molecule is CC(C)(C)OC(=O)C1CNCC(CC(F)(F)F)C1. The topological polar surface area (TPSA) is 38.3 Å². The maximum absolute atomic E-state index is 12.3. The predicted molar refractivity (Wildman–Crippen MR) is 61.0 cm³/mol. The highest BCUT2D eigenvalue weighted by atomic mass is 19.4. The van der Waals surface area contributed by atoms with Crippen LogP contribution >= 0.6 is 0 Å². The molecule has 1 saturated heterocycles. The van der Waals surface area contributed by atoms with Gasteiger partial charge in [0.2, 0.25) is 0 Å². The highest BCUT2D eigenvalue weighted by molar-refractivity contribution is 5.73. The lowest BCUT2D eigenvalue weighted by Gasteiger charge is -2.31. The fourth-order valence-corrected chi connectivity index (χ4v) is 2.08. The first kappa shape index (κ1) is 15.3. The van der Waals surface area contributed by atoms with E-state index >= 15 is 0 Å². The quantitative estimate of drug-likeness (QED) is 0.781. The number of carbonyl (C=O) groups is 1. The molecule has 0 aromatic heterocycles. The normalized spacial score (nSPS) is 25.9. The maximum atomic E-state index is 12.3. The van der Waals surface area contributed by atoms with Gasteiger partial charge in [-0.2, -0.15) is 13.2 Å². The molecular weight excluding hydrogens is 247 g/mol. The molecule has 2 atom stereocenters. The first-order valence-electron chi connectivity index (χ1n) is 6.07. The van der Waals surface area contributed by atoms with Crippen LogP contribution < -0.4 is 5.32 Å². The number of hydrogen-bond donors (Lipinski definition) is 1. The number of alkyl halides is 3. The Morgan fingerprint density at radius 3 is 2.39 bits per heavy atom. The van der Waals surface area contributed by atoms with Crippen LogP contribution in [-0.2, 0) is 9.53 Å². The summed E-state index contributed by atoms with van der Waals surface area (Å²) in [6.45, 7) is 5.93. The van der Waals surface area contributed by atoms with Crippen molar-refractivity contribution in [3.05, 3.63) is 0 Å². The number of nitrogens with one attached hydrogen (secondary N) is 1. The van der Waals surface area contributed by atoms with Crippen molar-refractivity contribution in [1.82, 2.24) is 5.32 Å². The van der Waals surface area contributed by atoms with E-state index in [0.717, 1.165) is 0 Å². The zero-order valence-electron chi connectivity index (χ0n) is 10.9. The van der Waals surface area contributed by atoms with Crippen LogP contribution in [0.4, 0.5) is 13.2 Å². The molecule has 1 fully saturated rings. The molecule has 0 saturated carbocycles. The summed E-state index contributed by atoms with van der Waals surface area (Å²) in [7, 11) is 0. The van der Waals surface area contributed by atoms with Crippen LogP contribution in [0.15, 0.2) is 0 Å². The molecule has 106 valence electrons. The highest BCUT2D eigenvalue weighted by Crippen LogP contribution is 2.30. The Labute approximate surface area is 105 Å². The monoisotopic (exact) mass is 267 g/mol. The van der Waals surface area contributed by atoms with Gasteiger partial charge in [0.05, 0.1) is 5.92 Å². The third-order valence-electron chi connectivity index (χ3n) is 2.70. The van der Waals surface area contributed by atoms with E-state index < -0.39 is 36.0 Å². The molecule has 1 aliphatic heterocycles. The van der Waals surface area contributed by atoms with E-state index in [-0.39, 0.29) is 6.42 Å². The Morgan fingerprint density at radius 2 is 1.89 bits per heavy atom. The van der Waals surface area contributed by atoms with Gasteiger partial charge in [-0.05, 0) is 39.7 Å². The molecule has 1 aliphatic rings. The number of piperidine rings is 1. The van der Waals surface area contributed by atoms with Crippen molar-refractivity contribution in [3.8, 4) is 0 Å². The van der Waals surface area contributed by atoms with E-state index in [2.05, 4.69) is 5.32 Å². The standard InChI is InChI=1S/C12H20F3NO2/c1-11(2,3)18-10(17)9-4-8(6-16-7-9)5-12(13,14)15/h8-9,16H,4-7H2,1-3H3. The molecule has 6 heteroatoms. The summed E-state index contributed by atoms with van der Waals surface area (Å²) >= 11 is 0. The van der Waals surface area contributed by atoms with E-state index in [0.29, 0.717) is 13.1 Å². The summed E-state index contributed by atoms with van der Waals surface area (Å²) in [5.41, 5.74) is -0.603. The molecule has 0 aliphatic carbocycles. The Kier molecular flexibility index (Phi) is 4.64. The van der Waals surface area contributed by atoms with Crippen molar-refractivity contribution in [2.45, 2.75) is 45.4 Å². The van der Waals surface area contributed by atoms with Crippen LogP contribution in [0.25, 0.3) is 0 Å². The fourth-order valence-electron chi connectivity index (χ4n) is 2.08.